The standard InChI is InChI=1S/C13H18BrClN2O2S/c1-12(2,20(16)19)8-13(3,6-7-18)11-9(15)4-5-10(14)17-11/h4-5,7H,6,8,16H2,1-3H3/t13-,20?/m0/s1. The zero-order chi connectivity index (χ0) is 15.6. The molecule has 0 aliphatic heterocycles. The molecule has 2 N–H and O–H groups in total. The van der Waals surface area contributed by atoms with Gasteiger partial charge in [-0.1, -0.05) is 18.5 Å². The number of pyridine rings is 1. The SMILES string of the molecule is CC(C)(C[C@](C)(CC=O)c1nc(Br)ccc1Cl)S(N)=O. The van der Waals surface area contributed by atoms with E-state index < -0.39 is 21.1 Å². The molecule has 0 radical (unpaired) electrons. The summed E-state index contributed by atoms with van der Waals surface area (Å²) < 4.78 is 11.7. The predicted molar refractivity (Wildman–Crippen MR) is 86.0 cm³/mol. The first kappa shape index (κ1) is 17.8. The highest BCUT2D eigenvalue weighted by Crippen LogP contribution is 2.39. The average molecular weight is 382 g/mol. The molecule has 0 spiro atoms. The van der Waals surface area contributed by atoms with Gasteiger partial charge < -0.3 is 4.79 Å². The van der Waals surface area contributed by atoms with E-state index in [1.165, 1.54) is 0 Å². The third-order valence-corrected chi connectivity index (χ3v) is 5.26. The fourth-order valence-corrected chi connectivity index (χ4v) is 3.39. The van der Waals surface area contributed by atoms with E-state index in [1.807, 2.05) is 6.92 Å². The topological polar surface area (TPSA) is 73.1 Å². The second kappa shape index (κ2) is 6.64. The van der Waals surface area contributed by atoms with Crippen molar-refractivity contribution in [1.82, 2.24) is 4.98 Å². The monoisotopic (exact) mass is 380 g/mol. The van der Waals surface area contributed by atoms with Gasteiger partial charge in [-0.2, -0.15) is 0 Å². The maximum absolute atomic E-state index is 11.7. The van der Waals surface area contributed by atoms with Crippen molar-refractivity contribution in [1.29, 1.82) is 0 Å². The van der Waals surface area contributed by atoms with Crippen LogP contribution in [0.4, 0.5) is 0 Å². The molecular formula is C13H18BrClN2O2S. The Kier molecular flexibility index (Phi) is 5.89. The van der Waals surface area contributed by atoms with Gasteiger partial charge >= 0.3 is 0 Å². The molecule has 7 heteroatoms. The summed E-state index contributed by atoms with van der Waals surface area (Å²) in [5, 5.41) is 6.02. The van der Waals surface area contributed by atoms with Crippen LogP contribution in [0.25, 0.3) is 0 Å². The van der Waals surface area contributed by atoms with Gasteiger partial charge in [0, 0.05) is 11.8 Å². The minimum Gasteiger partial charge on any atom is -0.303 e. The quantitative estimate of drug-likeness (QED) is 0.607. The van der Waals surface area contributed by atoms with Crippen LogP contribution in [0.3, 0.4) is 0 Å². The number of carbonyl (C=O) groups is 1. The molecular weight excluding hydrogens is 364 g/mol. The van der Waals surface area contributed by atoms with Crippen molar-refractivity contribution in [3.05, 3.63) is 27.5 Å². The molecule has 0 bridgehead atoms. The Bertz CT molecular complexity index is 539. The Hall–Kier alpha value is -0.300. The van der Waals surface area contributed by atoms with Crippen molar-refractivity contribution in [3.63, 3.8) is 0 Å². The summed E-state index contributed by atoms with van der Waals surface area (Å²) >= 11 is 9.52. The molecule has 0 aliphatic rings. The van der Waals surface area contributed by atoms with Gasteiger partial charge in [0.2, 0.25) is 0 Å². The predicted octanol–water partition coefficient (Wildman–Crippen LogP) is 3.14. The van der Waals surface area contributed by atoms with Gasteiger partial charge in [-0.15, -0.1) is 0 Å². The van der Waals surface area contributed by atoms with E-state index in [1.54, 1.807) is 26.0 Å². The summed E-state index contributed by atoms with van der Waals surface area (Å²) in [6, 6.07) is 3.46. The lowest BCUT2D eigenvalue weighted by Gasteiger charge is -2.35. The van der Waals surface area contributed by atoms with Crippen LogP contribution in [0.1, 0.15) is 39.3 Å². The van der Waals surface area contributed by atoms with Crippen molar-refractivity contribution < 1.29 is 9.00 Å². The van der Waals surface area contributed by atoms with Crippen molar-refractivity contribution in [2.75, 3.05) is 0 Å². The number of nitrogens with zero attached hydrogens (tertiary/aromatic N) is 1. The van der Waals surface area contributed by atoms with Crippen LogP contribution in [-0.2, 0) is 21.2 Å². The van der Waals surface area contributed by atoms with E-state index in [0.717, 1.165) is 6.29 Å². The normalized spacial score (nSPS) is 16.5. The van der Waals surface area contributed by atoms with Gasteiger partial charge in [0.1, 0.15) is 10.9 Å². The highest BCUT2D eigenvalue weighted by Gasteiger charge is 2.38. The maximum atomic E-state index is 11.7. The molecule has 0 saturated heterocycles. The summed E-state index contributed by atoms with van der Waals surface area (Å²) in [5.41, 5.74) is -0.0135. The van der Waals surface area contributed by atoms with Crippen LogP contribution in [0.15, 0.2) is 16.7 Å². The minimum absolute atomic E-state index is 0.233. The van der Waals surface area contributed by atoms with E-state index >= 15 is 0 Å². The highest BCUT2D eigenvalue weighted by atomic mass is 79.9. The first-order valence-corrected chi connectivity index (χ1v) is 8.43. The lowest BCUT2D eigenvalue weighted by molar-refractivity contribution is -0.109. The van der Waals surface area contributed by atoms with Gasteiger partial charge in [0.15, 0.2) is 0 Å². The molecule has 20 heavy (non-hydrogen) atoms. The zero-order valence-corrected chi connectivity index (χ0v) is 14.8. The molecule has 1 heterocycles. The summed E-state index contributed by atoms with van der Waals surface area (Å²) in [7, 11) is -1.51. The third-order valence-electron chi connectivity index (χ3n) is 3.28. The number of rotatable bonds is 6. The number of aldehydes is 1. The fourth-order valence-electron chi connectivity index (χ4n) is 2.29. The highest BCUT2D eigenvalue weighted by molar-refractivity contribution is 9.10. The molecule has 1 aromatic heterocycles. The summed E-state index contributed by atoms with van der Waals surface area (Å²) in [6.45, 7) is 5.49. The number of halogens is 2. The molecule has 0 amide bonds. The van der Waals surface area contributed by atoms with Gasteiger partial charge in [-0.05, 0) is 48.3 Å². The molecule has 1 unspecified atom stereocenters. The Morgan fingerprint density at radius 1 is 1.45 bits per heavy atom. The molecule has 1 aromatic rings. The van der Waals surface area contributed by atoms with Crippen molar-refractivity contribution in [3.8, 4) is 0 Å². The number of carbonyl (C=O) groups excluding carboxylic acids is 1. The molecule has 112 valence electrons. The van der Waals surface area contributed by atoms with Crippen molar-refractivity contribution in [2.45, 2.75) is 43.8 Å². The second-order valence-electron chi connectivity index (χ2n) is 5.63. The van der Waals surface area contributed by atoms with Gasteiger partial charge in [0.05, 0.1) is 26.4 Å². The van der Waals surface area contributed by atoms with Crippen LogP contribution in [0, 0.1) is 0 Å². The molecule has 0 fully saturated rings. The van der Waals surface area contributed by atoms with Crippen LogP contribution in [0.2, 0.25) is 5.02 Å². The van der Waals surface area contributed by atoms with E-state index in [0.29, 0.717) is 21.7 Å². The third kappa shape index (κ3) is 4.10. The molecule has 0 saturated carbocycles. The van der Waals surface area contributed by atoms with E-state index in [9.17, 15) is 9.00 Å². The van der Waals surface area contributed by atoms with E-state index in [4.69, 9.17) is 16.7 Å². The maximum Gasteiger partial charge on any atom is 0.120 e. The first-order chi connectivity index (χ1) is 9.12. The first-order valence-electron chi connectivity index (χ1n) is 6.05. The van der Waals surface area contributed by atoms with Crippen LogP contribution >= 0.6 is 27.5 Å². The smallest absolute Gasteiger partial charge is 0.120 e. The second-order valence-corrected chi connectivity index (χ2v) is 8.55. The lowest BCUT2D eigenvalue weighted by atomic mass is 9.76. The number of hydrogen-bond acceptors (Lipinski definition) is 3. The molecule has 4 nitrogen and oxygen atoms in total. The Labute approximate surface area is 135 Å². The minimum atomic E-state index is -1.51. The number of hydrogen-bond donors (Lipinski definition) is 1. The van der Waals surface area contributed by atoms with Gasteiger partial charge in [-0.3, -0.25) is 5.14 Å². The Morgan fingerprint density at radius 2 is 2.05 bits per heavy atom. The van der Waals surface area contributed by atoms with E-state index in [2.05, 4.69) is 20.9 Å². The molecule has 1 rings (SSSR count). The van der Waals surface area contributed by atoms with Crippen molar-refractivity contribution >= 4 is 44.8 Å². The number of nitrogens with two attached hydrogens (primary N) is 1. The van der Waals surface area contributed by atoms with Crippen molar-refractivity contribution in [2.24, 2.45) is 5.14 Å². The summed E-state index contributed by atoms with van der Waals surface area (Å²) in [6.07, 6.45) is 1.50. The Balaban J connectivity index is 3.31. The van der Waals surface area contributed by atoms with Gasteiger partial charge in [-0.25, -0.2) is 9.19 Å². The average Bonchev–Trinajstić information content (AvgIpc) is 2.31. The molecule has 0 aliphatic carbocycles. The summed E-state index contributed by atoms with van der Waals surface area (Å²) in [5.74, 6) is 0. The van der Waals surface area contributed by atoms with Gasteiger partial charge in [0.25, 0.3) is 0 Å². The van der Waals surface area contributed by atoms with Crippen LogP contribution < -0.4 is 5.14 Å². The zero-order valence-electron chi connectivity index (χ0n) is 11.7. The van der Waals surface area contributed by atoms with Crippen LogP contribution in [0.5, 0.6) is 0 Å². The molecule has 2 atom stereocenters. The molecule has 0 aromatic carbocycles. The summed E-state index contributed by atoms with van der Waals surface area (Å²) in [4.78, 5) is 15.4. The Morgan fingerprint density at radius 3 is 2.55 bits per heavy atom. The van der Waals surface area contributed by atoms with E-state index in [-0.39, 0.29) is 6.42 Å². The largest absolute Gasteiger partial charge is 0.303 e. The fraction of sp³-hybridized carbons (Fsp3) is 0.538. The van der Waals surface area contributed by atoms with Crippen LogP contribution in [-0.4, -0.2) is 20.2 Å². The lowest BCUT2D eigenvalue weighted by Crippen LogP contribution is -2.40. The number of aromatic nitrogens is 1.